The minimum atomic E-state index is -1.08. The van der Waals surface area contributed by atoms with Gasteiger partial charge in [0.1, 0.15) is 0 Å². The van der Waals surface area contributed by atoms with Crippen LogP contribution in [0.15, 0.2) is 78.9 Å². The normalized spacial score (nSPS) is 12.4. The number of benzene rings is 4. The average Bonchev–Trinajstić information content (AvgIpc) is 2.99. The number of ether oxygens (including phenoxy) is 2. The summed E-state index contributed by atoms with van der Waals surface area (Å²) in [7, 11) is 1.29. The highest BCUT2D eigenvalue weighted by atomic mass is 16.5. The molecule has 8 heteroatoms. The number of urea groups is 1. The molecule has 4 aromatic rings. The Balaban J connectivity index is 1.64. The lowest BCUT2D eigenvalue weighted by atomic mass is 9.98. The maximum Gasteiger partial charge on any atom is 0.331 e. The van der Waals surface area contributed by atoms with Gasteiger partial charge in [0.05, 0.1) is 31.1 Å². The Morgan fingerprint density at radius 1 is 0.795 bits per heavy atom. The van der Waals surface area contributed by atoms with Crippen LogP contribution < -0.4 is 16.0 Å². The summed E-state index contributed by atoms with van der Waals surface area (Å²) >= 11 is 0. The van der Waals surface area contributed by atoms with E-state index in [0.29, 0.717) is 17.8 Å². The quantitative estimate of drug-likeness (QED) is 0.158. The van der Waals surface area contributed by atoms with Gasteiger partial charge in [0.2, 0.25) is 0 Å². The molecule has 0 heterocycles. The molecular weight excluding hydrogens is 554 g/mol. The van der Waals surface area contributed by atoms with E-state index in [4.69, 9.17) is 9.47 Å². The SMILES string of the molecule is COC(=O)[C@@H](NC(=O)c1cc2ccccc2cc1NC(=O)Nc1c(C)cc(C)cc1C)[C@@H](CC(C)C)OCc1ccccc1. The minimum absolute atomic E-state index is 0.176. The summed E-state index contributed by atoms with van der Waals surface area (Å²) in [5.74, 6) is -0.980. The van der Waals surface area contributed by atoms with Crippen LogP contribution in [0, 0.1) is 26.7 Å². The van der Waals surface area contributed by atoms with Crippen LogP contribution in [-0.2, 0) is 20.9 Å². The maximum absolute atomic E-state index is 13.9. The number of carbonyl (C=O) groups excluding carboxylic acids is 3. The minimum Gasteiger partial charge on any atom is -0.467 e. The van der Waals surface area contributed by atoms with E-state index in [9.17, 15) is 14.4 Å². The third-order valence-corrected chi connectivity index (χ3v) is 7.42. The number of hydrogen-bond donors (Lipinski definition) is 3. The molecule has 0 bridgehead atoms. The van der Waals surface area contributed by atoms with E-state index in [0.717, 1.165) is 33.0 Å². The van der Waals surface area contributed by atoms with Crippen molar-refractivity contribution >= 4 is 40.1 Å². The van der Waals surface area contributed by atoms with Crippen LogP contribution in [0.5, 0.6) is 0 Å². The Bertz CT molecular complexity index is 1610. The van der Waals surface area contributed by atoms with Gasteiger partial charge in [-0.1, -0.05) is 86.1 Å². The summed E-state index contributed by atoms with van der Waals surface area (Å²) in [6.07, 6.45) is -0.146. The smallest absolute Gasteiger partial charge is 0.331 e. The van der Waals surface area contributed by atoms with E-state index in [1.165, 1.54) is 7.11 Å². The van der Waals surface area contributed by atoms with Crippen molar-refractivity contribution in [3.63, 3.8) is 0 Å². The van der Waals surface area contributed by atoms with E-state index < -0.39 is 30.1 Å². The Morgan fingerprint density at radius 2 is 1.41 bits per heavy atom. The second-order valence-corrected chi connectivity index (χ2v) is 11.5. The van der Waals surface area contributed by atoms with Crippen LogP contribution >= 0.6 is 0 Å². The summed E-state index contributed by atoms with van der Waals surface area (Å²) in [6, 6.07) is 23.1. The monoisotopic (exact) mass is 595 g/mol. The van der Waals surface area contributed by atoms with Gasteiger partial charge in [0.15, 0.2) is 6.04 Å². The van der Waals surface area contributed by atoms with E-state index in [2.05, 4.69) is 16.0 Å². The van der Waals surface area contributed by atoms with Crippen LogP contribution in [0.2, 0.25) is 0 Å². The lowest BCUT2D eigenvalue weighted by Gasteiger charge is -2.28. The third-order valence-electron chi connectivity index (χ3n) is 7.42. The highest BCUT2D eigenvalue weighted by molar-refractivity contribution is 6.10. The van der Waals surface area contributed by atoms with Gasteiger partial charge >= 0.3 is 12.0 Å². The second-order valence-electron chi connectivity index (χ2n) is 11.5. The molecule has 0 aliphatic heterocycles. The summed E-state index contributed by atoms with van der Waals surface area (Å²) in [6.45, 7) is 10.2. The van der Waals surface area contributed by atoms with Crippen molar-refractivity contribution < 1.29 is 23.9 Å². The zero-order valence-corrected chi connectivity index (χ0v) is 26.2. The molecule has 230 valence electrons. The number of aryl methyl sites for hydroxylation is 3. The molecule has 3 N–H and O–H groups in total. The lowest BCUT2D eigenvalue weighted by Crippen LogP contribution is -2.50. The molecular formula is C36H41N3O5. The Morgan fingerprint density at radius 3 is 2.02 bits per heavy atom. The van der Waals surface area contributed by atoms with E-state index in [1.807, 2.05) is 101 Å². The lowest BCUT2D eigenvalue weighted by molar-refractivity contribution is -0.148. The van der Waals surface area contributed by atoms with Gasteiger partial charge in [-0.3, -0.25) is 4.79 Å². The maximum atomic E-state index is 13.9. The van der Waals surface area contributed by atoms with Crippen LogP contribution in [0.1, 0.15) is 52.9 Å². The number of amides is 3. The van der Waals surface area contributed by atoms with E-state index in [-0.39, 0.29) is 18.1 Å². The van der Waals surface area contributed by atoms with Gasteiger partial charge in [-0.25, -0.2) is 9.59 Å². The summed E-state index contributed by atoms with van der Waals surface area (Å²) in [5, 5.41) is 10.3. The molecule has 0 spiro atoms. The molecule has 0 radical (unpaired) electrons. The zero-order chi connectivity index (χ0) is 31.8. The van der Waals surface area contributed by atoms with Crippen molar-refractivity contribution in [3.05, 3.63) is 107 Å². The third kappa shape index (κ3) is 8.23. The molecule has 8 nitrogen and oxygen atoms in total. The Labute approximate surface area is 259 Å². The number of rotatable bonds is 11. The van der Waals surface area contributed by atoms with Crippen LogP contribution in [-0.4, -0.2) is 37.2 Å². The standard InChI is InChI=1S/C36H41N3O5/c1-22(2)16-31(44-21-26-12-8-7-9-13-26)33(35(41)43-6)38-34(40)29-19-27-14-10-11-15-28(27)20-30(29)37-36(42)39-32-24(4)17-23(3)18-25(32)5/h7-15,17-20,22,31,33H,16,21H2,1-6H3,(H,38,40)(H2,37,39,42)/t31-,33+/m1/s1. The molecule has 2 atom stereocenters. The van der Waals surface area contributed by atoms with Crippen molar-refractivity contribution in [1.29, 1.82) is 0 Å². The van der Waals surface area contributed by atoms with Crippen LogP contribution in [0.3, 0.4) is 0 Å². The molecule has 0 saturated carbocycles. The van der Waals surface area contributed by atoms with Gasteiger partial charge in [0.25, 0.3) is 5.91 Å². The highest BCUT2D eigenvalue weighted by Crippen LogP contribution is 2.27. The van der Waals surface area contributed by atoms with Crippen molar-refractivity contribution in [1.82, 2.24) is 5.32 Å². The first-order chi connectivity index (χ1) is 21.0. The van der Waals surface area contributed by atoms with Crippen molar-refractivity contribution in [2.24, 2.45) is 5.92 Å². The molecule has 0 unspecified atom stereocenters. The number of fused-ring (bicyclic) bond motifs is 1. The molecule has 0 aliphatic carbocycles. The molecule has 0 fully saturated rings. The molecule has 44 heavy (non-hydrogen) atoms. The van der Waals surface area contributed by atoms with Crippen molar-refractivity contribution in [2.45, 2.75) is 59.8 Å². The van der Waals surface area contributed by atoms with Crippen molar-refractivity contribution in [2.75, 3.05) is 17.7 Å². The number of carbonyl (C=O) groups is 3. The number of esters is 1. The van der Waals surface area contributed by atoms with Gasteiger partial charge < -0.3 is 25.4 Å². The molecule has 0 aromatic heterocycles. The van der Waals surface area contributed by atoms with Crippen LogP contribution in [0.25, 0.3) is 10.8 Å². The molecule has 4 rings (SSSR count). The van der Waals surface area contributed by atoms with Gasteiger partial charge in [-0.2, -0.15) is 0 Å². The number of anilines is 2. The van der Waals surface area contributed by atoms with Crippen LogP contribution in [0.4, 0.5) is 16.2 Å². The molecule has 0 saturated heterocycles. The van der Waals surface area contributed by atoms with E-state index in [1.54, 1.807) is 12.1 Å². The highest BCUT2D eigenvalue weighted by Gasteiger charge is 2.33. The molecule has 3 amide bonds. The first-order valence-corrected chi connectivity index (χ1v) is 14.8. The Hall–Kier alpha value is -4.69. The molecule has 4 aromatic carbocycles. The summed E-state index contributed by atoms with van der Waals surface area (Å²) < 4.78 is 11.3. The fraction of sp³-hybridized carbons (Fsp3) is 0.306. The fourth-order valence-electron chi connectivity index (χ4n) is 5.37. The van der Waals surface area contributed by atoms with E-state index >= 15 is 0 Å². The molecule has 0 aliphatic rings. The van der Waals surface area contributed by atoms with Gasteiger partial charge in [0, 0.05) is 5.69 Å². The zero-order valence-electron chi connectivity index (χ0n) is 26.2. The first kappa shape index (κ1) is 32.2. The summed E-state index contributed by atoms with van der Waals surface area (Å²) in [5.41, 5.74) is 5.12. The van der Waals surface area contributed by atoms with Gasteiger partial charge in [-0.15, -0.1) is 0 Å². The number of nitrogens with one attached hydrogen (secondary N) is 3. The number of methoxy groups -OCH3 is 1. The predicted molar refractivity (Wildman–Crippen MR) is 175 cm³/mol. The first-order valence-electron chi connectivity index (χ1n) is 14.8. The van der Waals surface area contributed by atoms with Crippen molar-refractivity contribution in [3.8, 4) is 0 Å². The second kappa shape index (κ2) is 14.7. The Kier molecular flexibility index (Phi) is 10.7. The fourth-order valence-corrected chi connectivity index (χ4v) is 5.37. The topological polar surface area (TPSA) is 106 Å². The summed E-state index contributed by atoms with van der Waals surface area (Å²) in [4.78, 5) is 40.3. The average molecular weight is 596 g/mol. The number of hydrogen-bond acceptors (Lipinski definition) is 5. The van der Waals surface area contributed by atoms with Gasteiger partial charge in [-0.05, 0) is 72.7 Å². The predicted octanol–water partition coefficient (Wildman–Crippen LogP) is 7.31. The largest absolute Gasteiger partial charge is 0.467 e.